The summed E-state index contributed by atoms with van der Waals surface area (Å²) in [5.41, 5.74) is 0.832. The number of hydrogen-bond acceptors (Lipinski definition) is 10. The fourth-order valence-electron chi connectivity index (χ4n) is 4.56. The number of benzene rings is 1. The van der Waals surface area contributed by atoms with Crippen molar-refractivity contribution in [2.45, 2.75) is 120 Å². The molecule has 272 valence electrons. The average molecular weight is 766 g/mol. The molecule has 2 rings (SSSR count). The molecule has 0 aliphatic heterocycles. The third-order valence-electron chi connectivity index (χ3n) is 6.78. The third kappa shape index (κ3) is 17.3. The number of unbranched alkanes of at least 4 members (excludes halogenated alkanes) is 1. The Labute approximate surface area is 303 Å². The first-order chi connectivity index (χ1) is 23.1. The molecule has 2 unspecified atom stereocenters. The van der Waals surface area contributed by atoms with Crippen molar-refractivity contribution in [3.63, 3.8) is 0 Å². The molecule has 1 aromatic heterocycles. The van der Waals surface area contributed by atoms with Gasteiger partial charge in [0.25, 0.3) is 0 Å². The van der Waals surface area contributed by atoms with E-state index in [0.29, 0.717) is 58.3 Å². The molecule has 0 spiro atoms. The lowest BCUT2D eigenvalue weighted by Crippen LogP contribution is -2.48. The van der Waals surface area contributed by atoms with Gasteiger partial charge in [0.05, 0.1) is 12.1 Å². The van der Waals surface area contributed by atoms with Gasteiger partial charge in [0, 0.05) is 41.7 Å². The number of carbonyl (C=O) groups excluding carboxylic acids is 4. The molecular weight excluding hydrogens is 712 g/mol. The van der Waals surface area contributed by atoms with Crippen molar-refractivity contribution < 1.29 is 28.7 Å². The van der Waals surface area contributed by atoms with E-state index in [0.717, 1.165) is 31.8 Å². The number of halogens is 1. The maximum absolute atomic E-state index is 13.5. The van der Waals surface area contributed by atoms with Gasteiger partial charge in [-0.3, -0.25) is 4.79 Å². The Bertz CT molecular complexity index is 1370. The molecule has 3 amide bonds. The van der Waals surface area contributed by atoms with Gasteiger partial charge < -0.3 is 40.9 Å². The van der Waals surface area contributed by atoms with Gasteiger partial charge in [0.15, 0.2) is 0 Å². The van der Waals surface area contributed by atoms with E-state index in [1.807, 2.05) is 31.3 Å². The van der Waals surface area contributed by atoms with Crippen LogP contribution in [0.15, 0.2) is 50.9 Å². The van der Waals surface area contributed by atoms with Crippen LogP contribution in [0.1, 0.15) is 84.8 Å². The molecule has 1 aromatic carbocycles. The number of nitrogens with zero attached hydrogens (tertiary/aromatic N) is 1. The van der Waals surface area contributed by atoms with Crippen molar-refractivity contribution in [3.8, 4) is 0 Å². The molecule has 49 heavy (non-hydrogen) atoms. The van der Waals surface area contributed by atoms with Crippen LogP contribution in [0.4, 0.5) is 9.59 Å². The number of carbonyl (C=O) groups is 4. The first-order valence-corrected chi connectivity index (χ1v) is 18.2. The number of amides is 3. The lowest BCUT2D eigenvalue weighted by atomic mass is 10.1. The smallest absolute Gasteiger partial charge is 0.407 e. The number of aromatic nitrogens is 1. The Morgan fingerprint density at radius 1 is 0.898 bits per heavy atom. The quantitative estimate of drug-likeness (QED) is 0.0867. The van der Waals surface area contributed by atoms with Crippen LogP contribution in [0.3, 0.4) is 0 Å². The third-order valence-corrected chi connectivity index (χ3v) is 8.69. The van der Waals surface area contributed by atoms with Gasteiger partial charge in [0.2, 0.25) is 5.91 Å². The van der Waals surface area contributed by atoms with E-state index in [-0.39, 0.29) is 5.91 Å². The molecule has 0 saturated carbocycles. The summed E-state index contributed by atoms with van der Waals surface area (Å²) in [5.74, 6) is -0.317. The monoisotopic (exact) mass is 764 g/mol. The van der Waals surface area contributed by atoms with Crippen LogP contribution in [0.5, 0.6) is 0 Å². The van der Waals surface area contributed by atoms with Gasteiger partial charge in [-0.1, -0.05) is 39.8 Å². The highest BCUT2D eigenvalue weighted by Crippen LogP contribution is 2.34. The maximum atomic E-state index is 13.5. The van der Waals surface area contributed by atoms with Crippen LogP contribution in [0.2, 0.25) is 0 Å². The first-order valence-electron chi connectivity index (χ1n) is 16.6. The molecule has 0 fully saturated rings. The van der Waals surface area contributed by atoms with Crippen molar-refractivity contribution in [2.75, 3.05) is 20.1 Å². The molecule has 14 heteroatoms. The normalized spacial score (nSPS) is 12.8. The van der Waals surface area contributed by atoms with Crippen LogP contribution in [-0.2, 0) is 32.2 Å². The molecule has 0 saturated heterocycles. The summed E-state index contributed by atoms with van der Waals surface area (Å²) in [7, 11) is 1.90. The standard InChI is InChI=1S/C35H53BrN6O6S/c1-34(2,3)47-32(45)39-18-9-8-14-25(23-43)42-30(44)28(16-12-20-40-33(46)48-35(4,5)6)41-21-24-13-11-19-38-31(24)49-29-17-10-15-27(36)26(29)22-37-7/h10-11,13,15,17,19,23,25,28,37,41H,8-9,12,14,16,18,20-22H2,1-7H3,(H,39,45)(H,40,46)(H,42,44). The first kappa shape index (κ1) is 42.0. The van der Waals surface area contributed by atoms with Crippen molar-refractivity contribution in [1.29, 1.82) is 0 Å². The van der Waals surface area contributed by atoms with Gasteiger partial charge >= 0.3 is 12.2 Å². The second-order valence-corrected chi connectivity index (χ2v) is 15.4. The van der Waals surface area contributed by atoms with Crippen LogP contribution >= 0.6 is 27.7 Å². The van der Waals surface area contributed by atoms with Gasteiger partial charge in [-0.15, -0.1) is 0 Å². The number of alkyl carbamates (subject to hydrolysis) is 2. The van der Waals surface area contributed by atoms with E-state index in [1.54, 1.807) is 59.5 Å². The molecule has 2 aromatic rings. The van der Waals surface area contributed by atoms with Gasteiger partial charge in [-0.25, -0.2) is 14.6 Å². The van der Waals surface area contributed by atoms with E-state index in [1.165, 1.54) is 0 Å². The zero-order valence-electron chi connectivity index (χ0n) is 29.7. The summed E-state index contributed by atoms with van der Waals surface area (Å²) in [6.45, 7) is 12.5. The van der Waals surface area contributed by atoms with Crippen molar-refractivity contribution in [3.05, 3.63) is 52.1 Å². The van der Waals surface area contributed by atoms with E-state index in [4.69, 9.17) is 9.47 Å². The molecular formula is C35H53BrN6O6S. The summed E-state index contributed by atoms with van der Waals surface area (Å²) in [6.07, 6.45) is 4.00. The van der Waals surface area contributed by atoms with E-state index in [9.17, 15) is 19.2 Å². The Balaban J connectivity index is 2.07. The number of hydrogen-bond donors (Lipinski definition) is 5. The minimum absolute atomic E-state index is 0.313. The molecule has 5 N–H and O–H groups in total. The summed E-state index contributed by atoms with van der Waals surface area (Å²) in [5, 5.41) is 15.7. The Morgan fingerprint density at radius 3 is 2.16 bits per heavy atom. The largest absolute Gasteiger partial charge is 0.444 e. The van der Waals surface area contributed by atoms with Crippen LogP contribution < -0.4 is 26.6 Å². The predicted molar refractivity (Wildman–Crippen MR) is 195 cm³/mol. The number of aldehydes is 1. The molecule has 2 atom stereocenters. The molecule has 12 nitrogen and oxygen atoms in total. The highest BCUT2D eigenvalue weighted by atomic mass is 79.9. The number of ether oxygens (including phenoxy) is 2. The number of nitrogens with one attached hydrogen (secondary N) is 5. The fourth-order valence-corrected chi connectivity index (χ4v) is 6.24. The van der Waals surface area contributed by atoms with E-state index < -0.39 is 35.5 Å². The van der Waals surface area contributed by atoms with Crippen LogP contribution in [0, 0.1) is 0 Å². The topological polar surface area (TPSA) is 160 Å². The van der Waals surface area contributed by atoms with Crippen LogP contribution in [0.25, 0.3) is 0 Å². The Hall–Kier alpha value is -3.20. The van der Waals surface area contributed by atoms with Gasteiger partial charge in [0.1, 0.15) is 22.5 Å². The van der Waals surface area contributed by atoms with Gasteiger partial charge in [-0.05, 0) is 110 Å². The highest BCUT2D eigenvalue weighted by Gasteiger charge is 2.23. The SMILES string of the molecule is CNCc1c(Br)cccc1Sc1ncccc1CNC(CCCNC(=O)OC(C)(C)C)C(=O)NC(C=O)CCCCNC(=O)OC(C)(C)C. The maximum Gasteiger partial charge on any atom is 0.407 e. The zero-order valence-corrected chi connectivity index (χ0v) is 32.1. The molecule has 0 bridgehead atoms. The highest BCUT2D eigenvalue weighted by molar-refractivity contribution is 9.10. The summed E-state index contributed by atoms with van der Waals surface area (Å²) < 4.78 is 11.6. The summed E-state index contributed by atoms with van der Waals surface area (Å²) in [4.78, 5) is 55.2. The minimum Gasteiger partial charge on any atom is -0.444 e. The zero-order chi connectivity index (χ0) is 36.5. The van der Waals surface area contributed by atoms with Gasteiger partial charge in [-0.2, -0.15) is 0 Å². The number of rotatable bonds is 19. The van der Waals surface area contributed by atoms with E-state index in [2.05, 4.69) is 53.6 Å². The minimum atomic E-state index is -0.690. The molecule has 1 heterocycles. The second-order valence-electron chi connectivity index (χ2n) is 13.5. The van der Waals surface area contributed by atoms with E-state index >= 15 is 0 Å². The number of pyridine rings is 1. The molecule has 0 aliphatic rings. The lowest BCUT2D eigenvalue weighted by molar-refractivity contribution is -0.126. The lowest BCUT2D eigenvalue weighted by Gasteiger charge is -2.22. The molecule has 0 radical (unpaired) electrons. The second kappa shape index (κ2) is 21.1. The fraction of sp³-hybridized carbons (Fsp3) is 0.571. The van der Waals surface area contributed by atoms with Crippen molar-refractivity contribution in [1.82, 2.24) is 31.6 Å². The Morgan fingerprint density at radius 2 is 1.55 bits per heavy atom. The molecule has 0 aliphatic carbocycles. The summed E-state index contributed by atoms with van der Waals surface area (Å²) >= 11 is 5.20. The van der Waals surface area contributed by atoms with Crippen molar-refractivity contribution in [2.24, 2.45) is 0 Å². The van der Waals surface area contributed by atoms with Crippen LogP contribution in [-0.4, -0.2) is 72.8 Å². The van der Waals surface area contributed by atoms with Crippen molar-refractivity contribution >= 4 is 52.1 Å². The predicted octanol–water partition coefficient (Wildman–Crippen LogP) is 5.86. The Kier molecular flexibility index (Phi) is 18.1. The average Bonchev–Trinajstić information content (AvgIpc) is 3.00. The summed E-state index contributed by atoms with van der Waals surface area (Å²) in [6, 6.07) is 8.53.